The lowest BCUT2D eigenvalue weighted by atomic mass is 9.77. The molecular formula is C18H19N3O6. The van der Waals surface area contributed by atoms with E-state index in [1.807, 2.05) is 0 Å². The maximum Gasteiger partial charge on any atom is 0.328 e. The fourth-order valence-corrected chi connectivity index (χ4v) is 3.18. The Bertz CT molecular complexity index is 885. The van der Waals surface area contributed by atoms with Crippen LogP contribution < -0.4 is 5.73 Å². The van der Waals surface area contributed by atoms with Gasteiger partial charge >= 0.3 is 5.97 Å². The van der Waals surface area contributed by atoms with Crippen molar-refractivity contribution in [2.75, 3.05) is 0 Å². The fraction of sp³-hybridized carbons (Fsp3) is 0.278. The topological polar surface area (TPSA) is 150 Å². The molecule has 0 bridgehead atoms. The molecule has 0 saturated heterocycles. The summed E-state index contributed by atoms with van der Waals surface area (Å²) in [5, 5.41) is 32.4. The van der Waals surface area contributed by atoms with Crippen LogP contribution in [0.3, 0.4) is 0 Å². The van der Waals surface area contributed by atoms with E-state index in [1.165, 1.54) is 36.4 Å². The van der Waals surface area contributed by atoms with E-state index in [9.17, 15) is 30.1 Å². The lowest BCUT2D eigenvalue weighted by molar-refractivity contribution is -0.386. The van der Waals surface area contributed by atoms with E-state index in [2.05, 4.69) is 0 Å². The molecule has 9 heteroatoms. The summed E-state index contributed by atoms with van der Waals surface area (Å²) in [6.45, 7) is 1.75. The summed E-state index contributed by atoms with van der Waals surface area (Å²) in [5.41, 5.74) is 3.76. The molecule has 9 nitrogen and oxygen atoms in total. The van der Waals surface area contributed by atoms with Crippen molar-refractivity contribution in [3.05, 3.63) is 79.9 Å². The highest BCUT2D eigenvalue weighted by molar-refractivity contribution is 5.82. The number of benzene rings is 2. The minimum absolute atomic E-state index is 0.139. The van der Waals surface area contributed by atoms with E-state index in [0.717, 1.165) is 0 Å². The van der Waals surface area contributed by atoms with Gasteiger partial charge in [-0.1, -0.05) is 37.3 Å². The number of nitrogens with zero attached hydrogens (tertiary/aromatic N) is 2. The van der Waals surface area contributed by atoms with Gasteiger partial charge in [-0.2, -0.15) is 0 Å². The van der Waals surface area contributed by atoms with E-state index in [0.29, 0.717) is 12.0 Å². The van der Waals surface area contributed by atoms with E-state index < -0.39 is 33.0 Å². The van der Waals surface area contributed by atoms with Gasteiger partial charge in [0, 0.05) is 17.7 Å². The van der Waals surface area contributed by atoms with Crippen LogP contribution >= 0.6 is 0 Å². The second-order valence-corrected chi connectivity index (χ2v) is 6.18. The van der Waals surface area contributed by atoms with E-state index in [1.54, 1.807) is 19.1 Å². The average molecular weight is 373 g/mol. The first-order valence-electron chi connectivity index (χ1n) is 8.21. The number of hydrogen-bond acceptors (Lipinski definition) is 6. The Kier molecular flexibility index (Phi) is 5.86. The number of nitro groups is 2. The number of carboxylic acids is 1. The largest absolute Gasteiger partial charge is 0.480 e. The van der Waals surface area contributed by atoms with Gasteiger partial charge in [-0.3, -0.25) is 20.2 Å². The third kappa shape index (κ3) is 3.93. The Balaban J connectivity index is 2.57. The van der Waals surface area contributed by atoms with Crippen molar-refractivity contribution in [3.63, 3.8) is 0 Å². The van der Waals surface area contributed by atoms with Crippen LogP contribution in [0.5, 0.6) is 0 Å². The summed E-state index contributed by atoms with van der Waals surface area (Å²) < 4.78 is 0. The Labute approximate surface area is 154 Å². The summed E-state index contributed by atoms with van der Waals surface area (Å²) in [5.74, 6) is -2.01. The molecule has 142 valence electrons. The van der Waals surface area contributed by atoms with Crippen LogP contribution in [0.25, 0.3) is 0 Å². The van der Waals surface area contributed by atoms with Crippen molar-refractivity contribution >= 4 is 17.3 Å². The quantitative estimate of drug-likeness (QED) is 0.532. The highest BCUT2D eigenvalue weighted by atomic mass is 16.6. The Morgan fingerprint density at radius 3 is 2.11 bits per heavy atom. The number of aliphatic carboxylic acids is 1. The number of rotatable bonds is 8. The third-order valence-electron chi connectivity index (χ3n) is 4.60. The second kappa shape index (κ2) is 7.92. The van der Waals surface area contributed by atoms with E-state index in [-0.39, 0.29) is 17.7 Å². The van der Waals surface area contributed by atoms with Gasteiger partial charge in [0.05, 0.1) is 15.4 Å². The molecule has 2 aromatic carbocycles. The van der Waals surface area contributed by atoms with Crippen LogP contribution in [0, 0.1) is 20.2 Å². The van der Waals surface area contributed by atoms with Gasteiger partial charge in [0.15, 0.2) is 0 Å². The molecule has 0 fully saturated rings. The lowest BCUT2D eigenvalue weighted by Crippen LogP contribution is -2.46. The zero-order chi connectivity index (χ0) is 20.2. The first-order valence-corrected chi connectivity index (χ1v) is 8.21. The number of hydrogen-bond donors (Lipinski definition) is 2. The molecule has 2 aromatic rings. The first-order chi connectivity index (χ1) is 12.7. The standard InChI is InChI=1S/C18H19N3O6/c1-2-12(13-7-3-5-9-15(13)20(24)25)11-18(19,17(22)23)14-8-4-6-10-16(14)21(26)27/h3-10,12H,2,11,19H2,1H3,(H,22,23). The molecule has 2 atom stereocenters. The molecule has 0 aromatic heterocycles. The molecular weight excluding hydrogens is 354 g/mol. The summed E-state index contributed by atoms with van der Waals surface area (Å²) in [4.78, 5) is 33.4. The minimum Gasteiger partial charge on any atom is -0.480 e. The fourth-order valence-electron chi connectivity index (χ4n) is 3.18. The van der Waals surface area contributed by atoms with Crippen molar-refractivity contribution in [3.8, 4) is 0 Å². The summed E-state index contributed by atoms with van der Waals surface area (Å²) in [6.07, 6.45) is 0.145. The maximum absolute atomic E-state index is 12.0. The number of carboxylic acid groups (broad SMARTS) is 1. The Morgan fingerprint density at radius 1 is 1.07 bits per heavy atom. The molecule has 0 spiro atoms. The van der Waals surface area contributed by atoms with Crippen molar-refractivity contribution in [2.45, 2.75) is 31.2 Å². The molecule has 0 radical (unpaired) electrons. The van der Waals surface area contributed by atoms with Gasteiger partial charge in [0.2, 0.25) is 0 Å². The van der Waals surface area contributed by atoms with Crippen LogP contribution in [0.2, 0.25) is 0 Å². The summed E-state index contributed by atoms with van der Waals surface area (Å²) >= 11 is 0. The molecule has 0 aliphatic rings. The number of para-hydroxylation sites is 2. The molecule has 2 unspecified atom stereocenters. The maximum atomic E-state index is 12.0. The normalized spacial score (nSPS) is 14.1. The SMILES string of the molecule is CCC(CC(N)(C(=O)O)c1ccccc1[N+](=O)[O-])c1ccccc1[N+](=O)[O-]. The van der Waals surface area contributed by atoms with Crippen LogP contribution in [0.1, 0.15) is 36.8 Å². The van der Waals surface area contributed by atoms with Gasteiger partial charge in [-0.15, -0.1) is 0 Å². The molecule has 0 heterocycles. The van der Waals surface area contributed by atoms with Gasteiger partial charge in [0.1, 0.15) is 5.54 Å². The molecule has 0 amide bonds. The highest BCUT2D eigenvalue weighted by Crippen LogP contribution is 2.40. The number of carbonyl (C=O) groups is 1. The molecule has 27 heavy (non-hydrogen) atoms. The molecule has 0 aliphatic carbocycles. The molecule has 2 rings (SSSR count). The van der Waals surface area contributed by atoms with Crippen molar-refractivity contribution < 1.29 is 19.7 Å². The number of nitro benzene ring substituents is 2. The predicted molar refractivity (Wildman–Crippen MR) is 97.3 cm³/mol. The highest BCUT2D eigenvalue weighted by Gasteiger charge is 2.43. The van der Waals surface area contributed by atoms with E-state index >= 15 is 0 Å². The van der Waals surface area contributed by atoms with Crippen LogP contribution in [0.15, 0.2) is 48.5 Å². The van der Waals surface area contributed by atoms with Crippen molar-refractivity contribution in [2.24, 2.45) is 5.73 Å². The van der Waals surface area contributed by atoms with Gasteiger partial charge in [-0.25, -0.2) is 4.79 Å². The smallest absolute Gasteiger partial charge is 0.328 e. The zero-order valence-corrected chi connectivity index (χ0v) is 14.6. The van der Waals surface area contributed by atoms with Crippen LogP contribution in [-0.4, -0.2) is 20.9 Å². The first kappa shape index (κ1) is 20.0. The molecule has 0 aliphatic heterocycles. The molecule has 3 N–H and O–H groups in total. The van der Waals surface area contributed by atoms with Gasteiger partial charge in [-0.05, 0) is 24.8 Å². The van der Waals surface area contributed by atoms with Crippen LogP contribution in [0.4, 0.5) is 11.4 Å². The zero-order valence-electron chi connectivity index (χ0n) is 14.6. The monoisotopic (exact) mass is 373 g/mol. The van der Waals surface area contributed by atoms with Gasteiger partial charge in [0.25, 0.3) is 11.4 Å². The summed E-state index contributed by atoms with van der Waals surface area (Å²) in [7, 11) is 0. The minimum atomic E-state index is -2.08. The van der Waals surface area contributed by atoms with Crippen molar-refractivity contribution in [1.82, 2.24) is 0 Å². The Morgan fingerprint density at radius 2 is 1.59 bits per heavy atom. The van der Waals surface area contributed by atoms with Crippen LogP contribution in [-0.2, 0) is 10.3 Å². The average Bonchev–Trinajstić information content (AvgIpc) is 2.65. The second-order valence-electron chi connectivity index (χ2n) is 6.18. The van der Waals surface area contributed by atoms with E-state index in [4.69, 9.17) is 5.73 Å². The predicted octanol–water partition coefficient (Wildman–Crippen LogP) is 3.33. The number of nitrogens with two attached hydrogens (primary N) is 1. The van der Waals surface area contributed by atoms with Crippen molar-refractivity contribution in [1.29, 1.82) is 0 Å². The third-order valence-corrected chi connectivity index (χ3v) is 4.60. The molecule has 0 saturated carbocycles. The van der Waals surface area contributed by atoms with Gasteiger partial charge < -0.3 is 10.8 Å². The lowest BCUT2D eigenvalue weighted by Gasteiger charge is -2.29. The Hall–Kier alpha value is -3.33. The summed E-state index contributed by atoms with van der Waals surface area (Å²) in [6, 6.07) is 11.4.